The van der Waals surface area contributed by atoms with Gasteiger partial charge in [-0.3, -0.25) is 4.90 Å². The van der Waals surface area contributed by atoms with E-state index in [0.717, 1.165) is 41.2 Å². The van der Waals surface area contributed by atoms with E-state index in [2.05, 4.69) is 29.5 Å². The summed E-state index contributed by atoms with van der Waals surface area (Å²) in [5.41, 5.74) is 0.0865. The first-order valence-corrected chi connectivity index (χ1v) is 8.97. The molecule has 1 aliphatic carbocycles. The molecule has 0 spiro atoms. The fourth-order valence-corrected chi connectivity index (χ4v) is 3.84. The molecule has 4 nitrogen and oxygen atoms in total. The molecular weight excluding hydrogens is 393 g/mol. The van der Waals surface area contributed by atoms with Crippen LogP contribution < -0.4 is 0 Å². The van der Waals surface area contributed by atoms with Crippen LogP contribution in [0.4, 0.5) is 4.79 Å². The summed E-state index contributed by atoms with van der Waals surface area (Å²) in [6, 6.07) is 8.01. The molecule has 122 valence electrons. The molecule has 0 radical (unpaired) electrons. The molecular formula is C17H24INO3. The van der Waals surface area contributed by atoms with Crippen molar-refractivity contribution in [1.82, 2.24) is 4.90 Å². The van der Waals surface area contributed by atoms with E-state index >= 15 is 0 Å². The average Bonchev–Trinajstić information content (AvgIpc) is 3.31. The van der Waals surface area contributed by atoms with Crippen LogP contribution in [0.15, 0.2) is 24.3 Å². The van der Waals surface area contributed by atoms with Gasteiger partial charge in [0.25, 0.3) is 0 Å². The van der Waals surface area contributed by atoms with Crippen molar-refractivity contribution in [2.24, 2.45) is 0 Å². The highest BCUT2D eigenvalue weighted by Gasteiger charge is 2.49. The van der Waals surface area contributed by atoms with Crippen molar-refractivity contribution in [2.45, 2.75) is 57.2 Å². The molecule has 1 N–H and O–H groups in total. The van der Waals surface area contributed by atoms with Gasteiger partial charge in [0, 0.05) is 28.7 Å². The van der Waals surface area contributed by atoms with E-state index < -0.39 is 11.8 Å². The number of unbranched alkanes of at least 4 members (excludes halogenated alkanes) is 2. The van der Waals surface area contributed by atoms with Gasteiger partial charge in [-0.15, -0.1) is 0 Å². The molecule has 1 aliphatic rings. The summed E-state index contributed by atoms with van der Waals surface area (Å²) in [7, 11) is 1.63. The molecule has 1 aromatic carbocycles. The van der Waals surface area contributed by atoms with Gasteiger partial charge in [-0.25, -0.2) is 4.79 Å². The highest BCUT2D eigenvalue weighted by atomic mass is 127. The van der Waals surface area contributed by atoms with E-state index in [1.807, 2.05) is 24.3 Å². The number of benzene rings is 1. The van der Waals surface area contributed by atoms with Gasteiger partial charge in [-0.2, -0.15) is 0 Å². The van der Waals surface area contributed by atoms with E-state index in [9.17, 15) is 9.90 Å². The van der Waals surface area contributed by atoms with Crippen molar-refractivity contribution in [2.75, 3.05) is 7.11 Å². The molecule has 0 heterocycles. The fourth-order valence-electron chi connectivity index (χ4n) is 3.03. The van der Waals surface area contributed by atoms with Gasteiger partial charge in [-0.05, 0) is 47.9 Å². The minimum Gasteiger partial charge on any atom is -0.465 e. The molecule has 1 aromatic rings. The van der Waals surface area contributed by atoms with Gasteiger partial charge >= 0.3 is 6.09 Å². The summed E-state index contributed by atoms with van der Waals surface area (Å²) in [6.07, 6.45) is 4.78. The molecule has 0 unspecified atom stereocenters. The van der Waals surface area contributed by atoms with Crippen molar-refractivity contribution in [3.63, 3.8) is 0 Å². The highest BCUT2D eigenvalue weighted by molar-refractivity contribution is 14.1. The molecule has 0 aromatic heterocycles. The Morgan fingerprint density at radius 1 is 1.41 bits per heavy atom. The van der Waals surface area contributed by atoms with Crippen molar-refractivity contribution >= 4 is 28.7 Å². The Hall–Kier alpha value is -0.820. The van der Waals surface area contributed by atoms with Gasteiger partial charge in [0.2, 0.25) is 0 Å². The third-order valence-electron chi connectivity index (χ3n) is 4.26. The lowest BCUT2D eigenvalue weighted by Gasteiger charge is -2.42. The molecule has 1 fully saturated rings. The molecule has 1 atom stereocenters. The zero-order valence-corrected chi connectivity index (χ0v) is 15.4. The Labute approximate surface area is 146 Å². The SMILES string of the molecule is CCCCC[C@](OC)(c1ccccc1I)N(C(=O)O)C1CC1. The smallest absolute Gasteiger partial charge is 0.410 e. The van der Waals surface area contributed by atoms with Gasteiger partial charge in [0.1, 0.15) is 0 Å². The molecule has 0 aliphatic heterocycles. The zero-order valence-electron chi connectivity index (χ0n) is 13.2. The Balaban J connectivity index is 2.45. The molecule has 0 bridgehead atoms. The van der Waals surface area contributed by atoms with Crippen molar-refractivity contribution in [1.29, 1.82) is 0 Å². The summed E-state index contributed by atoms with van der Waals surface area (Å²) in [4.78, 5) is 13.5. The lowest BCUT2D eigenvalue weighted by atomic mass is 9.94. The normalized spacial score (nSPS) is 17.0. The molecule has 0 saturated heterocycles. The first kappa shape index (κ1) is 17.5. The Bertz CT molecular complexity index is 518. The number of hydrogen-bond acceptors (Lipinski definition) is 2. The first-order chi connectivity index (χ1) is 10.6. The minimum absolute atomic E-state index is 0.0788. The van der Waals surface area contributed by atoms with Crippen LogP contribution >= 0.6 is 22.6 Å². The first-order valence-electron chi connectivity index (χ1n) is 7.89. The van der Waals surface area contributed by atoms with Crippen LogP contribution in [0.1, 0.15) is 51.0 Å². The molecule has 2 rings (SSSR count). The van der Waals surface area contributed by atoms with Crippen LogP contribution in [-0.4, -0.2) is 29.3 Å². The molecule has 1 amide bonds. The number of halogens is 1. The third kappa shape index (κ3) is 3.56. The highest BCUT2D eigenvalue weighted by Crippen LogP contribution is 2.43. The van der Waals surface area contributed by atoms with E-state index in [0.29, 0.717) is 6.42 Å². The summed E-state index contributed by atoms with van der Waals surface area (Å²) in [5.74, 6) is 0. The van der Waals surface area contributed by atoms with Crippen LogP contribution in [0.2, 0.25) is 0 Å². The minimum atomic E-state index is -0.888. The number of rotatable bonds is 8. The van der Waals surface area contributed by atoms with Gasteiger partial charge in [0.05, 0.1) is 0 Å². The predicted octanol–water partition coefficient (Wildman–Crippen LogP) is 4.81. The summed E-state index contributed by atoms with van der Waals surface area (Å²) in [5, 5.41) is 9.80. The second kappa shape index (κ2) is 7.64. The van der Waals surface area contributed by atoms with Gasteiger partial charge in [-0.1, -0.05) is 38.0 Å². The number of carbonyl (C=O) groups is 1. The van der Waals surface area contributed by atoms with E-state index in [1.165, 1.54) is 0 Å². The van der Waals surface area contributed by atoms with Crippen LogP contribution in [-0.2, 0) is 10.5 Å². The van der Waals surface area contributed by atoms with Crippen molar-refractivity contribution < 1.29 is 14.6 Å². The van der Waals surface area contributed by atoms with Gasteiger partial charge < -0.3 is 9.84 Å². The molecule has 1 saturated carbocycles. The third-order valence-corrected chi connectivity index (χ3v) is 5.20. The number of nitrogens with zero attached hydrogens (tertiary/aromatic N) is 1. The van der Waals surface area contributed by atoms with Gasteiger partial charge in [0.15, 0.2) is 5.72 Å². The quantitative estimate of drug-likeness (QED) is 0.375. The fraction of sp³-hybridized carbons (Fsp3) is 0.588. The van der Waals surface area contributed by atoms with E-state index in [4.69, 9.17) is 4.74 Å². The van der Waals surface area contributed by atoms with E-state index in [1.54, 1.807) is 12.0 Å². The molecule has 22 heavy (non-hydrogen) atoms. The topological polar surface area (TPSA) is 49.8 Å². The maximum absolute atomic E-state index is 11.9. The number of amides is 1. The Morgan fingerprint density at radius 3 is 2.59 bits per heavy atom. The summed E-state index contributed by atoms with van der Waals surface area (Å²) >= 11 is 2.27. The van der Waals surface area contributed by atoms with Crippen molar-refractivity contribution in [3.8, 4) is 0 Å². The zero-order chi connectivity index (χ0) is 16.2. The van der Waals surface area contributed by atoms with E-state index in [-0.39, 0.29) is 6.04 Å². The van der Waals surface area contributed by atoms with Crippen LogP contribution in [0.3, 0.4) is 0 Å². The second-order valence-electron chi connectivity index (χ2n) is 5.81. The standard InChI is InChI=1S/C17H24INO3/c1-3-4-7-12-17(22-2,14-8-5-6-9-15(14)18)19(16(20)21)13-10-11-13/h5-6,8-9,13H,3-4,7,10-12H2,1-2H3,(H,20,21)/t17-/m0/s1. The number of hydrogen-bond donors (Lipinski definition) is 1. The number of ether oxygens (including phenoxy) is 1. The van der Waals surface area contributed by atoms with Crippen molar-refractivity contribution in [3.05, 3.63) is 33.4 Å². The van der Waals surface area contributed by atoms with Crippen LogP contribution in [0.5, 0.6) is 0 Å². The number of carboxylic acid groups (broad SMARTS) is 1. The maximum atomic E-state index is 11.9. The van der Waals surface area contributed by atoms with Crippen LogP contribution in [0, 0.1) is 3.57 Å². The summed E-state index contributed by atoms with van der Waals surface area (Å²) < 4.78 is 6.96. The second-order valence-corrected chi connectivity index (χ2v) is 6.97. The van der Waals surface area contributed by atoms with Crippen LogP contribution in [0.25, 0.3) is 0 Å². The molecule has 5 heteroatoms. The predicted molar refractivity (Wildman–Crippen MR) is 94.9 cm³/mol. The monoisotopic (exact) mass is 417 g/mol. The largest absolute Gasteiger partial charge is 0.465 e. The lowest BCUT2D eigenvalue weighted by Crippen LogP contribution is -2.52. The lowest BCUT2D eigenvalue weighted by molar-refractivity contribution is -0.139. The maximum Gasteiger partial charge on any atom is 0.410 e. The average molecular weight is 417 g/mol. The Kier molecular flexibility index (Phi) is 6.09. The number of methoxy groups -OCH3 is 1. The summed E-state index contributed by atoms with van der Waals surface area (Å²) in [6.45, 7) is 2.15. The Morgan fingerprint density at radius 2 is 2.09 bits per heavy atom.